The largest absolute Gasteiger partial charge is 0.465 e. The first-order valence-electron chi connectivity index (χ1n) is 18.4. The number of benzene rings is 1. The number of carbonyl (C=O) groups excluding carboxylic acids is 3. The monoisotopic (exact) mass is 772 g/mol. The van der Waals surface area contributed by atoms with Crippen LogP contribution < -0.4 is 20.9 Å². The highest BCUT2D eigenvalue weighted by molar-refractivity contribution is 7.52. The van der Waals surface area contributed by atoms with Crippen LogP contribution in [0.1, 0.15) is 80.1 Å². The van der Waals surface area contributed by atoms with Gasteiger partial charge in [-0.15, -0.1) is 0 Å². The van der Waals surface area contributed by atoms with Gasteiger partial charge in [-0.1, -0.05) is 85.4 Å². The van der Waals surface area contributed by atoms with Crippen LogP contribution in [0.4, 0.5) is 5.95 Å². The lowest BCUT2D eigenvalue weighted by Crippen LogP contribution is -2.41. The standard InChI is InChI=1S/C37H53N6O10P/c1-7-25(8-2)19-49-30(44)16-29(35(47)50-20-26(9-3)10-4)42-54(48,53-28-14-12-11-13-15-28)52-22-37(21-51-34(46)24(5)6)17-27(37)18-43-23-39-31-32(43)40-36(38)41-33(31)45/h11-15,18,23-26,29H,7-10,16-17,19-22H2,1-6H3,(H,42,48)(H3,38,40,41,45)/b27-18-/t29-,37?,54-/m0/s1. The topological polar surface area (TPSA) is 216 Å². The van der Waals surface area contributed by atoms with E-state index >= 15 is 0 Å². The normalized spacial score (nSPS) is 17.8. The third-order valence-electron chi connectivity index (χ3n) is 9.49. The number of nitrogen functional groups attached to an aromatic ring is 1. The highest BCUT2D eigenvalue weighted by Gasteiger charge is 2.53. The van der Waals surface area contributed by atoms with E-state index in [-0.39, 0.29) is 61.1 Å². The number of carbonyl (C=O) groups is 3. The maximum Gasteiger partial charge on any atom is 0.459 e. The number of hydrogen-bond donors (Lipinski definition) is 3. The molecular weight excluding hydrogens is 719 g/mol. The van der Waals surface area contributed by atoms with Gasteiger partial charge in [0.25, 0.3) is 5.56 Å². The Morgan fingerprint density at radius 2 is 1.63 bits per heavy atom. The summed E-state index contributed by atoms with van der Waals surface area (Å²) in [7, 11) is -4.51. The van der Waals surface area contributed by atoms with Crippen molar-refractivity contribution in [2.75, 3.05) is 32.2 Å². The molecule has 0 bridgehead atoms. The number of aromatic amines is 1. The molecule has 0 aliphatic heterocycles. The number of ether oxygens (including phenoxy) is 3. The van der Waals surface area contributed by atoms with Crippen LogP contribution in [-0.2, 0) is 37.7 Å². The van der Waals surface area contributed by atoms with Crippen LogP contribution in [0.3, 0.4) is 0 Å². The van der Waals surface area contributed by atoms with Gasteiger partial charge in [0.2, 0.25) is 5.95 Å². The first-order valence-corrected chi connectivity index (χ1v) is 20.0. The number of aromatic nitrogens is 4. The fourth-order valence-corrected chi connectivity index (χ4v) is 7.07. The zero-order valence-corrected chi connectivity index (χ0v) is 32.8. The molecule has 16 nitrogen and oxygen atoms in total. The number of nitrogens with one attached hydrogen (secondary N) is 2. The molecular formula is C37H53N6O10P. The molecule has 54 heavy (non-hydrogen) atoms. The van der Waals surface area contributed by atoms with E-state index in [2.05, 4.69) is 20.0 Å². The second-order valence-electron chi connectivity index (χ2n) is 13.9. The quantitative estimate of drug-likeness (QED) is 0.0640. The third kappa shape index (κ3) is 11.5. The smallest absolute Gasteiger partial charge is 0.459 e. The summed E-state index contributed by atoms with van der Waals surface area (Å²) in [6.07, 6.45) is 6.04. The molecule has 2 heterocycles. The Kier molecular flexibility index (Phi) is 15.0. The number of H-pyrrole nitrogens is 1. The molecule has 4 N–H and O–H groups in total. The number of fused-ring (bicyclic) bond motifs is 1. The molecule has 1 aromatic carbocycles. The molecule has 2 aromatic heterocycles. The van der Waals surface area contributed by atoms with Crippen molar-refractivity contribution in [1.29, 1.82) is 0 Å². The molecule has 4 rings (SSSR count). The predicted octanol–water partition coefficient (Wildman–Crippen LogP) is 5.64. The molecule has 296 valence electrons. The number of rotatable bonds is 22. The summed E-state index contributed by atoms with van der Waals surface area (Å²) < 4.78 is 45.1. The van der Waals surface area contributed by atoms with E-state index in [1.807, 2.05) is 27.7 Å². The molecule has 1 unspecified atom stereocenters. The van der Waals surface area contributed by atoms with Crippen molar-refractivity contribution in [2.24, 2.45) is 23.2 Å². The van der Waals surface area contributed by atoms with Crippen LogP contribution in [0.5, 0.6) is 5.75 Å². The molecule has 0 saturated heterocycles. The minimum Gasteiger partial charge on any atom is -0.465 e. The van der Waals surface area contributed by atoms with Crippen molar-refractivity contribution >= 4 is 49.0 Å². The van der Waals surface area contributed by atoms with E-state index in [0.29, 0.717) is 12.0 Å². The maximum atomic E-state index is 14.8. The number of esters is 3. The van der Waals surface area contributed by atoms with E-state index in [0.717, 1.165) is 25.7 Å². The van der Waals surface area contributed by atoms with Crippen molar-refractivity contribution < 1.29 is 42.2 Å². The molecule has 17 heteroatoms. The summed E-state index contributed by atoms with van der Waals surface area (Å²) in [5, 5.41) is 2.70. The van der Waals surface area contributed by atoms with Gasteiger partial charge in [-0.3, -0.25) is 33.3 Å². The van der Waals surface area contributed by atoms with Gasteiger partial charge < -0.3 is 24.5 Å². The van der Waals surface area contributed by atoms with Gasteiger partial charge in [-0.05, 0) is 36.0 Å². The van der Waals surface area contributed by atoms with Crippen LogP contribution in [0.25, 0.3) is 17.4 Å². The minimum atomic E-state index is -4.51. The van der Waals surface area contributed by atoms with Crippen molar-refractivity contribution in [2.45, 2.75) is 86.1 Å². The van der Waals surface area contributed by atoms with Gasteiger partial charge in [0.15, 0.2) is 11.2 Å². The number of anilines is 1. The van der Waals surface area contributed by atoms with Gasteiger partial charge in [0.05, 0.1) is 37.6 Å². The van der Waals surface area contributed by atoms with E-state index < -0.39 is 55.0 Å². The van der Waals surface area contributed by atoms with E-state index in [1.165, 1.54) is 10.9 Å². The van der Waals surface area contributed by atoms with Gasteiger partial charge >= 0.3 is 25.7 Å². The lowest BCUT2D eigenvalue weighted by molar-refractivity contribution is -0.154. The van der Waals surface area contributed by atoms with Crippen LogP contribution in [0.15, 0.2) is 47.0 Å². The zero-order chi connectivity index (χ0) is 39.5. The minimum absolute atomic E-state index is 0.0697. The average Bonchev–Trinajstić information content (AvgIpc) is 3.68. The first-order chi connectivity index (χ1) is 25.7. The second kappa shape index (κ2) is 19.2. The Balaban J connectivity index is 1.65. The lowest BCUT2D eigenvalue weighted by Gasteiger charge is -2.26. The summed E-state index contributed by atoms with van der Waals surface area (Å²) in [5.41, 5.74) is 5.24. The van der Waals surface area contributed by atoms with Crippen molar-refractivity contribution in [3.63, 3.8) is 0 Å². The van der Waals surface area contributed by atoms with Crippen LogP contribution in [-0.4, -0.2) is 69.9 Å². The highest BCUT2D eigenvalue weighted by Crippen LogP contribution is 2.56. The van der Waals surface area contributed by atoms with Crippen molar-refractivity contribution in [3.8, 4) is 5.75 Å². The van der Waals surface area contributed by atoms with Gasteiger partial charge in [0, 0.05) is 6.20 Å². The predicted molar refractivity (Wildman–Crippen MR) is 202 cm³/mol. The number of imidazole rings is 1. The maximum absolute atomic E-state index is 14.8. The molecule has 1 saturated carbocycles. The Bertz CT molecular complexity index is 1870. The molecule has 1 aliphatic rings. The second-order valence-corrected chi connectivity index (χ2v) is 15.6. The fourth-order valence-electron chi connectivity index (χ4n) is 5.49. The molecule has 3 atom stereocenters. The fraction of sp³-hybridized carbons (Fsp3) is 0.568. The van der Waals surface area contributed by atoms with E-state index in [1.54, 1.807) is 50.4 Å². The Hall–Kier alpha value is -4.53. The number of hydrogen-bond acceptors (Lipinski definition) is 13. The molecule has 3 aromatic rings. The number of para-hydroxylation sites is 1. The third-order valence-corrected chi connectivity index (χ3v) is 11.0. The highest BCUT2D eigenvalue weighted by atomic mass is 31.2. The molecule has 0 spiro atoms. The summed E-state index contributed by atoms with van der Waals surface area (Å²) in [6, 6.07) is 6.76. The molecule has 0 amide bonds. The zero-order valence-electron chi connectivity index (χ0n) is 31.9. The molecule has 1 aliphatic carbocycles. The van der Waals surface area contributed by atoms with Gasteiger partial charge in [-0.2, -0.15) is 10.1 Å². The van der Waals surface area contributed by atoms with E-state index in [4.69, 9.17) is 29.0 Å². The first kappa shape index (κ1) is 42.2. The summed E-state index contributed by atoms with van der Waals surface area (Å²) >= 11 is 0. The Labute approximate surface area is 315 Å². The molecule has 1 fully saturated rings. The van der Waals surface area contributed by atoms with Crippen LogP contribution in [0.2, 0.25) is 0 Å². The SMILES string of the molecule is CCC(CC)COC(=O)C[C@H](N[P@](=O)(OCC1(COC(=O)C(C)C)C/C1=C/n1cnc2c(=O)[nH]c(N)nc21)Oc1ccccc1)C(=O)OCC(CC)CC. The van der Waals surface area contributed by atoms with E-state index in [9.17, 15) is 23.7 Å². The van der Waals surface area contributed by atoms with Crippen molar-refractivity contribution in [3.05, 3.63) is 52.6 Å². The van der Waals surface area contributed by atoms with Crippen molar-refractivity contribution in [1.82, 2.24) is 24.6 Å². The lowest BCUT2D eigenvalue weighted by atomic mass is 10.1. The van der Waals surface area contributed by atoms with Crippen LogP contribution in [0, 0.1) is 23.2 Å². The molecule has 0 radical (unpaired) electrons. The number of nitrogens with two attached hydrogens (primary N) is 1. The summed E-state index contributed by atoms with van der Waals surface area (Å²) in [5.74, 6) is -2.07. The summed E-state index contributed by atoms with van der Waals surface area (Å²) in [4.78, 5) is 62.4. The Morgan fingerprint density at radius 3 is 2.26 bits per heavy atom. The number of nitrogens with zero attached hydrogens (tertiary/aromatic N) is 3. The summed E-state index contributed by atoms with van der Waals surface area (Å²) in [6.45, 7) is 11.2. The van der Waals surface area contributed by atoms with Gasteiger partial charge in [0.1, 0.15) is 24.7 Å². The van der Waals surface area contributed by atoms with Crippen LogP contribution >= 0.6 is 7.75 Å². The average molecular weight is 773 g/mol. The Morgan fingerprint density at radius 1 is 0.981 bits per heavy atom. The van der Waals surface area contributed by atoms with Gasteiger partial charge in [-0.25, -0.2) is 9.55 Å².